The highest BCUT2D eigenvalue weighted by molar-refractivity contribution is 9.10. The van der Waals surface area contributed by atoms with E-state index in [4.69, 9.17) is 9.47 Å². The molecular weight excluding hydrogens is 316 g/mol. The molecular formula is C13H15BrO5. The summed E-state index contributed by atoms with van der Waals surface area (Å²) < 4.78 is 16.3. The van der Waals surface area contributed by atoms with Gasteiger partial charge in [-0.15, -0.1) is 0 Å². The lowest BCUT2D eigenvalue weighted by Gasteiger charge is -2.25. The number of halogens is 1. The Morgan fingerprint density at radius 2 is 2.21 bits per heavy atom. The molecule has 0 fully saturated rings. The van der Waals surface area contributed by atoms with Crippen molar-refractivity contribution < 1.29 is 24.1 Å². The van der Waals surface area contributed by atoms with E-state index >= 15 is 0 Å². The van der Waals surface area contributed by atoms with Crippen LogP contribution in [-0.2, 0) is 16.0 Å². The molecule has 1 N–H and O–H groups in total. The number of benzene rings is 1. The Bertz CT molecular complexity index is 500. The Morgan fingerprint density at radius 1 is 1.53 bits per heavy atom. The van der Waals surface area contributed by atoms with Gasteiger partial charge in [0.15, 0.2) is 17.6 Å². The molecule has 0 aromatic heterocycles. The highest BCUT2D eigenvalue weighted by Crippen LogP contribution is 2.42. The third-order valence-electron chi connectivity index (χ3n) is 2.98. The van der Waals surface area contributed by atoms with Gasteiger partial charge in [-0.1, -0.05) is 22.9 Å². The van der Waals surface area contributed by atoms with Crippen LogP contribution in [0.2, 0.25) is 0 Å². The van der Waals surface area contributed by atoms with E-state index in [-0.39, 0.29) is 0 Å². The molecule has 1 aliphatic heterocycles. The zero-order valence-electron chi connectivity index (χ0n) is 10.7. The van der Waals surface area contributed by atoms with Crippen molar-refractivity contribution in [1.29, 1.82) is 0 Å². The molecule has 1 heterocycles. The summed E-state index contributed by atoms with van der Waals surface area (Å²) in [6.07, 6.45) is -0.737. The fourth-order valence-corrected chi connectivity index (χ4v) is 2.77. The van der Waals surface area contributed by atoms with Crippen LogP contribution in [0.1, 0.15) is 24.2 Å². The van der Waals surface area contributed by atoms with E-state index in [1.54, 1.807) is 6.07 Å². The monoisotopic (exact) mass is 330 g/mol. The van der Waals surface area contributed by atoms with Crippen molar-refractivity contribution in [2.24, 2.45) is 0 Å². The summed E-state index contributed by atoms with van der Waals surface area (Å²) >= 11 is 3.36. The van der Waals surface area contributed by atoms with E-state index in [2.05, 4.69) is 20.7 Å². The Labute approximate surface area is 119 Å². The maximum absolute atomic E-state index is 11.5. The van der Waals surface area contributed by atoms with Crippen molar-refractivity contribution in [1.82, 2.24) is 0 Å². The zero-order valence-corrected chi connectivity index (χ0v) is 12.3. The third kappa shape index (κ3) is 2.55. The average molecular weight is 331 g/mol. The van der Waals surface area contributed by atoms with Gasteiger partial charge in [-0.2, -0.15) is 0 Å². The number of hydrogen-bond donors (Lipinski definition) is 1. The Morgan fingerprint density at radius 3 is 2.84 bits per heavy atom. The van der Waals surface area contributed by atoms with Crippen LogP contribution in [0.4, 0.5) is 0 Å². The van der Waals surface area contributed by atoms with Crippen LogP contribution in [0.15, 0.2) is 10.5 Å². The minimum Gasteiger partial charge on any atom is -0.486 e. The first-order chi connectivity index (χ1) is 9.10. The first kappa shape index (κ1) is 14.1. The summed E-state index contributed by atoms with van der Waals surface area (Å²) in [7, 11) is 1.24. The fourth-order valence-electron chi connectivity index (χ4n) is 2.11. The molecule has 0 amide bonds. The maximum atomic E-state index is 11.5. The predicted molar refractivity (Wildman–Crippen MR) is 71.5 cm³/mol. The molecule has 0 spiro atoms. The summed E-state index contributed by atoms with van der Waals surface area (Å²) in [4.78, 5) is 11.5. The van der Waals surface area contributed by atoms with Crippen molar-refractivity contribution in [3.8, 4) is 11.5 Å². The molecule has 1 aromatic rings. The number of esters is 1. The van der Waals surface area contributed by atoms with Crippen LogP contribution in [0.3, 0.4) is 0 Å². The van der Waals surface area contributed by atoms with E-state index in [0.29, 0.717) is 41.2 Å². The number of carbonyl (C=O) groups excluding carboxylic acids is 1. The second-order valence-corrected chi connectivity index (χ2v) is 4.91. The van der Waals surface area contributed by atoms with Gasteiger partial charge < -0.3 is 19.3 Å². The quantitative estimate of drug-likeness (QED) is 0.858. The van der Waals surface area contributed by atoms with Gasteiger partial charge in [-0.25, -0.2) is 4.79 Å². The van der Waals surface area contributed by atoms with Gasteiger partial charge in [-0.05, 0) is 12.5 Å². The first-order valence-electron chi connectivity index (χ1n) is 5.96. The summed E-state index contributed by atoms with van der Waals surface area (Å²) in [6.45, 7) is 2.87. The summed E-state index contributed by atoms with van der Waals surface area (Å²) in [5.41, 5.74) is 1.22. The van der Waals surface area contributed by atoms with Gasteiger partial charge in [0.2, 0.25) is 0 Å². The number of carbonyl (C=O) groups is 1. The van der Waals surface area contributed by atoms with Crippen molar-refractivity contribution in [2.45, 2.75) is 19.4 Å². The number of aliphatic hydroxyl groups is 1. The summed E-state index contributed by atoms with van der Waals surface area (Å²) in [5, 5.41) is 10.1. The number of hydrogen-bond acceptors (Lipinski definition) is 5. The van der Waals surface area contributed by atoms with Gasteiger partial charge in [0, 0.05) is 15.6 Å². The number of ether oxygens (including phenoxy) is 3. The van der Waals surface area contributed by atoms with Crippen molar-refractivity contribution in [3.63, 3.8) is 0 Å². The largest absolute Gasteiger partial charge is 0.486 e. The van der Waals surface area contributed by atoms with Crippen LogP contribution in [0.25, 0.3) is 0 Å². The van der Waals surface area contributed by atoms with E-state index in [9.17, 15) is 9.90 Å². The van der Waals surface area contributed by atoms with Crippen LogP contribution in [-0.4, -0.2) is 31.4 Å². The number of methoxy groups -OCH3 is 1. The molecule has 2 rings (SSSR count). The molecule has 6 heteroatoms. The van der Waals surface area contributed by atoms with E-state index in [1.807, 2.05) is 6.92 Å². The molecule has 104 valence electrons. The van der Waals surface area contributed by atoms with Crippen molar-refractivity contribution >= 4 is 21.9 Å². The van der Waals surface area contributed by atoms with Crippen molar-refractivity contribution in [2.75, 3.05) is 20.3 Å². The van der Waals surface area contributed by atoms with Crippen molar-refractivity contribution in [3.05, 3.63) is 21.7 Å². The lowest BCUT2D eigenvalue weighted by Crippen LogP contribution is -2.20. The van der Waals surface area contributed by atoms with Crippen LogP contribution < -0.4 is 9.47 Å². The molecule has 5 nitrogen and oxygen atoms in total. The van der Waals surface area contributed by atoms with Crippen LogP contribution in [0, 0.1) is 0 Å². The Hall–Kier alpha value is -1.27. The molecule has 0 saturated heterocycles. The minimum atomic E-state index is -1.34. The number of rotatable bonds is 3. The molecule has 19 heavy (non-hydrogen) atoms. The molecule has 1 atom stereocenters. The standard InChI is InChI=1S/C13H15BrO5/c1-3-7-10(11(15)13(16)17-2)8(14)6-9-12(7)19-5-4-18-9/h6,11,15H,3-5H2,1-2H3. The van der Waals surface area contributed by atoms with E-state index in [0.717, 1.165) is 5.56 Å². The highest BCUT2D eigenvalue weighted by Gasteiger charge is 2.29. The third-order valence-corrected chi connectivity index (χ3v) is 3.63. The molecule has 1 aromatic carbocycles. The molecule has 0 radical (unpaired) electrons. The summed E-state index contributed by atoms with van der Waals surface area (Å²) in [6, 6.07) is 1.70. The van der Waals surface area contributed by atoms with E-state index in [1.165, 1.54) is 7.11 Å². The second kappa shape index (κ2) is 5.79. The Balaban J connectivity index is 2.56. The highest BCUT2D eigenvalue weighted by atomic mass is 79.9. The lowest BCUT2D eigenvalue weighted by molar-refractivity contribution is -0.150. The lowest BCUT2D eigenvalue weighted by atomic mass is 9.98. The van der Waals surface area contributed by atoms with Gasteiger partial charge in [0.1, 0.15) is 13.2 Å². The summed E-state index contributed by atoms with van der Waals surface area (Å²) in [5.74, 6) is 0.512. The topological polar surface area (TPSA) is 65.0 Å². The zero-order chi connectivity index (χ0) is 14.0. The van der Waals surface area contributed by atoms with Gasteiger partial charge in [0.25, 0.3) is 0 Å². The normalized spacial score (nSPS) is 14.9. The molecule has 0 bridgehead atoms. The SMILES string of the molecule is CCc1c2c(cc(Br)c1C(O)C(=O)OC)OCCO2. The van der Waals surface area contributed by atoms with Crippen LogP contribution >= 0.6 is 15.9 Å². The molecule has 1 aliphatic rings. The molecule has 0 aliphatic carbocycles. The average Bonchev–Trinajstić information content (AvgIpc) is 2.44. The first-order valence-corrected chi connectivity index (χ1v) is 6.76. The second-order valence-electron chi connectivity index (χ2n) is 4.05. The van der Waals surface area contributed by atoms with Gasteiger partial charge in [-0.3, -0.25) is 0 Å². The van der Waals surface area contributed by atoms with Gasteiger partial charge >= 0.3 is 5.97 Å². The van der Waals surface area contributed by atoms with Crippen LogP contribution in [0.5, 0.6) is 11.5 Å². The molecule has 1 unspecified atom stereocenters. The van der Waals surface area contributed by atoms with E-state index < -0.39 is 12.1 Å². The molecule has 0 saturated carbocycles. The number of fused-ring (bicyclic) bond motifs is 1. The number of aliphatic hydroxyl groups excluding tert-OH is 1. The van der Waals surface area contributed by atoms with Gasteiger partial charge in [0.05, 0.1) is 7.11 Å². The smallest absolute Gasteiger partial charge is 0.339 e. The Kier molecular flexibility index (Phi) is 4.31. The maximum Gasteiger partial charge on any atom is 0.339 e. The fraction of sp³-hybridized carbons (Fsp3) is 0.462. The predicted octanol–water partition coefficient (Wildman–Crippen LogP) is 1.99. The minimum absolute atomic E-state index is 0.454.